The van der Waals surface area contributed by atoms with Crippen molar-refractivity contribution in [3.63, 3.8) is 0 Å². The molecular weight excluding hydrogens is 246 g/mol. The molecule has 1 heterocycles. The molecule has 0 aliphatic heterocycles. The highest BCUT2D eigenvalue weighted by atomic mass is 32.2. The predicted octanol–water partition coefficient (Wildman–Crippen LogP) is -0.331. The third kappa shape index (κ3) is 2.21. The molecule has 2 rings (SSSR count). The fourth-order valence-corrected chi connectivity index (χ4v) is 2.25. The average molecular weight is 255 g/mol. The highest BCUT2D eigenvalue weighted by molar-refractivity contribution is 7.91. The Labute approximate surface area is 96.3 Å². The zero-order valence-corrected chi connectivity index (χ0v) is 9.40. The summed E-state index contributed by atoms with van der Waals surface area (Å²) in [5.41, 5.74) is 11.4. The van der Waals surface area contributed by atoms with Crippen LogP contribution in [0.5, 0.6) is 0 Å². The number of aromatic nitrogens is 1. The summed E-state index contributed by atoms with van der Waals surface area (Å²) < 4.78 is 28.2. The van der Waals surface area contributed by atoms with Gasteiger partial charge in [0.1, 0.15) is 11.3 Å². The van der Waals surface area contributed by atoms with Crippen molar-refractivity contribution in [1.82, 2.24) is 4.98 Å². The molecule has 0 unspecified atom stereocenters. The Morgan fingerprint density at radius 3 is 2.76 bits per heavy atom. The van der Waals surface area contributed by atoms with Crippen molar-refractivity contribution in [1.29, 1.82) is 0 Å². The largest absolute Gasteiger partial charge is 0.428 e. The number of rotatable bonds is 3. The number of anilines is 1. The van der Waals surface area contributed by atoms with Gasteiger partial charge in [-0.05, 0) is 12.1 Å². The summed E-state index contributed by atoms with van der Waals surface area (Å²) in [5, 5.41) is -0.531. The lowest BCUT2D eigenvalue weighted by molar-refractivity contribution is -0.115. The van der Waals surface area contributed by atoms with Crippen molar-refractivity contribution in [2.24, 2.45) is 5.73 Å². The molecule has 0 aliphatic carbocycles. The summed E-state index contributed by atoms with van der Waals surface area (Å²) in [4.78, 5) is 14.4. The van der Waals surface area contributed by atoms with Crippen molar-refractivity contribution in [2.75, 3.05) is 11.5 Å². The third-order valence-corrected chi connectivity index (χ3v) is 3.36. The first-order valence-electron chi connectivity index (χ1n) is 4.55. The number of primary amides is 1. The van der Waals surface area contributed by atoms with Gasteiger partial charge in [0.25, 0.3) is 0 Å². The second-order valence-corrected chi connectivity index (χ2v) is 5.30. The Morgan fingerprint density at radius 2 is 2.12 bits per heavy atom. The molecule has 7 nitrogen and oxygen atoms in total. The molecule has 1 aromatic heterocycles. The number of sulfone groups is 1. The zero-order chi connectivity index (χ0) is 12.6. The number of benzene rings is 1. The molecule has 0 spiro atoms. The molecule has 4 N–H and O–H groups in total. The molecule has 0 saturated carbocycles. The number of oxazole rings is 1. The van der Waals surface area contributed by atoms with E-state index in [2.05, 4.69) is 4.98 Å². The highest BCUT2D eigenvalue weighted by Gasteiger charge is 2.24. The number of amides is 1. The van der Waals surface area contributed by atoms with E-state index in [9.17, 15) is 13.2 Å². The molecule has 1 aromatic carbocycles. The van der Waals surface area contributed by atoms with Crippen LogP contribution in [0.2, 0.25) is 0 Å². The first-order chi connectivity index (χ1) is 7.88. The number of nitrogens with zero attached hydrogens (tertiary/aromatic N) is 1. The van der Waals surface area contributed by atoms with Crippen molar-refractivity contribution in [2.45, 2.75) is 5.22 Å². The van der Waals surface area contributed by atoms with Crippen LogP contribution in [0.4, 0.5) is 5.69 Å². The Kier molecular flexibility index (Phi) is 2.50. The minimum absolute atomic E-state index is 0.244. The number of fused-ring (bicyclic) bond motifs is 1. The molecule has 1 amide bonds. The first-order valence-corrected chi connectivity index (χ1v) is 6.21. The Balaban J connectivity index is 2.53. The van der Waals surface area contributed by atoms with E-state index in [1.54, 1.807) is 6.07 Å². The minimum Gasteiger partial charge on any atom is -0.428 e. The fraction of sp³-hybridized carbons (Fsp3) is 0.111. The molecule has 0 fully saturated rings. The summed E-state index contributed by atoms with van der Waals surface area (Å²) in [6.45, 7) is 0. The van der Waals surface area contributed by atoms with Gasteiger partial charge in [0.05, 0.1) is 0 Å². The molecule has 17 heavy (non-hydrogen) atoms. The van der Waals surface area contributed by atoms with E-state index in [1.807, 2.05) is 0 Å². The van der Waals surface area contributed by atoms with Gasteiger partial charge in [0, 0.05) is 11.8 Å². The first kappa shape index (κ1) is 11.4. The normalized spacial score (nSPS) is 11.8. The molecule has 90 valence electrons. The van der Waals surface area contributed by atoms with Crippen LogP contribution in [0.3, 0.4) is 0 Å². The maximum atomic E-state index is 11.6. The number of carbonyl (C=O) groups is 1. The average Bonchev–Trinajstić information content (AvgIpc) is 2.58. The van der Waals surface area contributed by atoms with E-state index >= 15 is 0 Å². The standard InChI is InChI=1S/C9H9N3O4S/c10-5-1-2-6-7(3-5)16-9(12-6)17(14,15)4-8(11)13/h1-3H,4,10H2,(H2,11,13). The van der Waals surface area contributed by atoms with Crippen LogP contribution in [-0.4, -0.2) is 25.1 Å². The number of nitrogen functional groups attached to an aromatic ring is 1. The van der Waals surface area contributed by atoms with E-state index in [0.29, 0.717) is 11.2 Å². The summed E-state index contributed by atoms with van der Waals surface area (Å²) in [7, 11) is -3.93. The van der Waals surface area contributed by atoms with Crippen LogP contribution in [0.15, 0.2) is 27.8 Å². The van der Waals surface area contributed by atoms with Crippen molar-refractivity contribution >= 4 is 32.5 Å². The lowest BCUT2D eigenvalue weighted by Gasteiger charge is -1.94. The van der Waals surface area contributed by atoms with Gasteiger partial charge >= 0.3 is 5.22 Å². The molecule has 0 saturated heterocycles. The van der Waals surface area contributed by atoms with Crippen LogP contribution < -0.4 is 11.5 Å². The van der Waals surface area contributed by atoms with Gasteiger partial charge in [-0.3, -0.25) is 4.79 Å². The lowest BCUT2D eigenvalue weighted by atomic mass is 10.3. The minimum atomic E-state index is -3.93. The van der Waals surface area contributed by atoms with E-state index in [1.165, 1.54) is 12.1 Å². The van der Waals surface area contributed by atoms with E-state index < -0.39 is 26.7 Å². The quantitative estimate of drug-likeness (QED) is 0.722. The van der Waals surface area contributed by atoms with Crippen molar-refractivity contribution in [3.8, 4) is 0 Å². The molecule has 0 atom stereocenters. The molecule has 0 aliphatic rings. The second-order valence-electron chi connectivity index (χ2n) is 3.43. The predicted molar refractivity (Wildman–Crippen MR) is 59.7 cm³/mol. The maximum Gasteiger partial charge on any atom is 0.316 e. The zero-order valence-electron chi connectivity index (χ0n) is 8.58. The SMILES string of the molecule is NC(=O)CS(=O)(=O)c1nc2ccc(N)cc2o1. The van der Waals surface area contributed by atoms with Gasteiger partial charge in [-0.25, -0.2) is 8.42 Å². The molecular formula is C9H9N3O4S. The van der Waals surface area contributed by atoms with Gasteiger partial charge in [-0.15, -0.1) is 0 Å². The van der Waals surface area contributed by atoms with Gasteiger partial charge in [-0.2, -0.15) is 4.98 Å². The van der Waals surface area contributed by atoms with Crippen LogP contribution >= 0.6 is 0 Å². The number of carbonyl (C=O) groups excluding carboxylic acids is 1. The third-order valence-electron chi connectivity index (χ3n) is 1.99. The van der Waals surface area contributed by atoms with E-state index in [4.69, 9.17) is 15.9 Å². The Morgan fingerprint density at radius 1 is 1.41 bits per heavy atom. The fourth-order valence-electron chi connectivity index (χ4n) is 1.30. The van der Waals surface area contributed by atoms with Crippen LogP contribution in [0.25, 0.3) is 11.1 Å². The van der Waals surface area contributed by atoms with Crippen molar-refractivity contribution in [3.05, 3.63) is 18.2 Å². The summed E-state index contributed by atoms with van der Waals surface area (Å²) >= 11 is 0. The van der Waals surface area contributed by atoms with Crippen LogP contribution in [-0.2, 0) is 14.6 Å². The van der Waals surface area contributed by atoms with Gasteiger partial charge in [0.15, 0.2) is 5.58 Å². The number of hydrogen-bond donors (Lipinski definition) is 2. The number of hydrogen-bond acceptors (Lipinski definition) is 6. The van der Waals surface area contributed by atoms with Crippen molar-refractivity contribution < 1.29 is 17.6 Å². The highest BCUT2D eigenvalue weighted by Crippen LogP contribution is 2.21. The van der Waals surface area contributed by atoms with Gasteiger partial charge in [0.2, 0.25) is 15.7 Å². The Hall–Kier alpha value is -2.09. The smallest absolute Gasteiger partial charge is 0.316 e. The number of nitrogens with two attached hydrogens (primary N) is 2. The van der Waals surface area contributed by atoms with E-state index in [-0.39, 0.29) is 5.58 Å². The van der Waals surface area contributed by atoms with Gasteiger partial charge in [-0.1, -0.05) is 0 Å². The Bertz CT molecular complexity index is 689. The van der Waals surface area contributed by atoms with Gasteiger partial charge < -0.3 is 15.9 Å². The summed E-state index contributed by atoms with van der Waals surface area (Å²) in [6.07, 6.45) is 0. The van der Waals surface area contributed by atoms with Crippen LogP contribution in [0.1, 0.15) is 0 Å². The monoisotopic (exact) mass is 255 g/mol. The van der Waals surface area contributed by atoms with Crippen LogP contribution in [0, 0.1) is 0 Å². The molecule has 2 aromatic rings. The van der Waals surface area contributed by atoms with E-state index in [0.717, 1.165) is 0 Å². The molecule has 8 heteroatoms. The molecule has 0 radical (unpaired) electrons. The lowest BCUT2D eigenvalue weighted by Crippen LogP contribution is -2.23. The second kappa shape index (κ2) is 3.74. The maximum absolute atomic E-state index is 11.6. The summed E-state index contributed by atoms with van der Waals surface area (Å²) in [5.74, 6) is -1.80. The topological polar surface area (TPSA) is 129 Å². The summed E-state index contributed by atoms with van der Waals surface area (Å²) in [6, 6.07) is 4.54. The molecule has 0 bridgehead atoms.